The van der Waals surface area contributed by atoms with Gasteiger partial charge in [0.05, 0.1) is 11.6 Å². The highest BCUT2D eigenvalue weighted by molar-refractivity contribution is 5.88. The molecule has 1 fully saturated rings. The minimum atomic E-state index is 0.551. The Balaban J connectivity index is 1.30. The highest BCUT2D eigenvalue weighted by Crippen LogP contribution is 2.31. The molecule has 1 aliphatic rings. The first-order valence-corrected chi connectivity index (χ1v) is 12.6. The number of fused-ring (bicyclic) bond motifs is 1. The fourth-order valence-corrected chi connectivity index (χ4v) is 4.72. The Morgan fingerprint density at radius 3 is 2.59 bits per heavy atom. The monoisotopic (exact) mass is 458 g/mol. The third kappa shape index (κ3) is 6.18. The molecule has 2 heterocycles. The number of nitrogens with one attached hydrogen (secondary N) is 4. The van der Waals surface area contributed by atoms with Crippen molar-refractivity contribution < 1.29 is 0 Å². The van der Waals surface area contributed by atoms with Crippen LogP contribution in [0.3, 0.4) is 0 Å². The first-order valence-electron chi connectivity index (χ1n) is 12.6. The minimum Gasteiger partial charge on any atom is -0.371 e. The highest BCUT2D eigenvalue weighted by Gasteiger charge is 2.20. The lowest BCUT2D eigenvalue weighted by Crippen LogP contribution is -2.44. The van der Waals surface area contributed by atoms with Gasteiger partial charge in [-0.2, -0.15) is 5.26 Å². The molecule has 6 heteroatoms. The molecule has 1 aromatic heterocycles. The van der Waals surface area contributed by atoms with Gasteiger partial charge in [0, 0.05) is 79.2 Å². The molecule has 0 bridgehead atoms. The number of hydrogen-bond acceptors (Lipinski definition) is 5. The Morgan fingerprint density at radius 1 is 1.03 bits per heavy atom. The van der Waals surface area contributed by atoms with Gasteiger partial charge in [-0.15, -0.1) is 0 Å². The molecule has 0 spiro atoms. The molecule has 3 aromatic rings. The van der Waals surface area contributed by atoms with Gasteiger partial charge in [-0.25, -0.2) is 0 Å². The third-order valence-electron chi connectivity index (χ3n) is 6.71. The summed E-state index contributed by atoms with van der Waals surface area (Å²) in [6.07, 6.45) is 2.34. The second-order valence-electron chi connectivity index (χ2n) is 9.67. The van der Waals surface area contributed by atoms with Crippen LogP contribution in [0.5, 0.6) is 0 Å². The zero-order valence-electron chi connectivity index (χ0n) is 20.7. The van der Waals surface area contributed by atoms with Crippen molar-refractivity contribution in [1.29, 1.82) is 5.26 Å². The summed E-state index contributed by atoms with van der Waals surface area (Å²) in [7, 11) is 0. The predicted octanol–water partition coefficient (Wildman–Crippen LogP) is 4.16. The van der Waals surface area contributed by atoms with Crippen molar-refractivity contribution in [1.82, 2.24) is 20.9 Å². The topological polar surface area (TPSA) is 78.9 Å². The number of benzene rings is 2. The first-order chi connectivity index (χ1) is 16.5. The van der Waals surface area contributed by atoms with E-state index in [0.29, 0.717) is 17.6 Å². The maximum Gasteiger partial charge on any atom is 0.0991 e. The molecule has 1 saturated heterocycles. The highest BCUT2D eigenvalue weighted by atomic mass is 15.1. The van der Waals surface area contributed by atoms with Crippen LogP contribution in [0, 0.1) is 18.3 Å². The molecule has 180 valence electrons. The summed E-state index contributed by atoms with van der Waals surface area (Å²) in [6.45, 7) is 12.7. The number of aryl methyl sites for hydroxylation is 1. The smallest absolute Gasteiger partial charge is 0.0991 e. The first kappa shape index (κ1) is 24.3. The van der Waals surface area contributed by atoms with E-state index in [2.05, 4.69) is 76.9 Å². The molecule has 4 N–H and O–H groups in total. The summed E-state index contributed by atoms with van der Waals surface area (Å²) in [5, 5.41) is 20.9. The quantitative estimate of drug-likeness (QED) is 0.343. The summed E-state index contributed by atoms with van der Waals surface area (Å²) < 4.78 is 0. The van der Waals surface area contributed by atoms with Crippen molar-refractivity contribution in [2.75, 3.05) is 44.2 Å². The number of H-pyrrole nitrogens is 1. The normalized spacial score (nSPS) is 14.7. The molecule has 1 aliphatic heterocycles. The van der Waals surface area contributed by atoms with Gasteiger partial charge in [-0.1, -0.05) is 19.9 Å². The van der Waals surface area contributed by atoms with Gasteiger partial charge >= 0.3 is 0 Å². The standard InChI is InChI=1S/C28H38N6/c1-20(2)31-12-10-30-11-13-32-24-8-14-34(15-9-24)25-6-4-21(3)26(18-25)28-17-23-16-22(19-29)5-7-27(23)33-28/h4-7,16-18,20,24,30-33H,8-15H2,1-3H3. The number of anilines is 1. The largest absolute Gasteiger partial charge is 0.371 e. The molecule has 0 atom stereocenters. The van der Waals surface area contributed by atoms with E-state index in [-0.39, 0.29) is 0 Å². The van der Waals surface area contributed by atoms with Crippen molar-refractivity contribution in [3.8, 4) is 17.3 Å². The second kappa shape index (κ2) is 11.5. The van der Waals surface area contributed by atoms with Crippen LogP contribution in [0.1, 0.15) is 37.8 Å². The van der Waals surface area contributed by atoms with E-state index in [1.807, 2.05) is 18.2 Å². The van der Waals surface area contributed by atoms with E-state index >= 15 is 0 Å². The summed E-state index contributed by atoms with van der Waals surface area (Å²) >= 11 is 0. The van der Waals surface area contributed by atoms with Crippen LogP contribution >= 0.6 is 0 Å². The lowest BCUT2D eigenvalue weighted by molar-refractivity contribution is 0.412. The number of piperidine rings is 1. The van der Waals surface area contributed by atoms with Crippen LogP contribution in [-0.4, -0.2) is 56.3 Å². The number of hydrogen-bond donors (Lipinski definition) is 4. The van der Waals surface area contributed by atoms with Gasteiger partial charge in [0.1, 0.15) is 0 Å². The van der Waals surface area contributed by atoms with Crippen LogP contribution < -0.4 is 20.9 Å². The lowest BCUT2D eigenvalue weighted by atomic mass is 10.0. The second-order valence-corrected chi connectivity index (χ2v) is 9.67. The summed E-state index contributed by atoms with van der Waals surface area (Å²) in [6, 6.07) is 18.1. The molecule has 34 heavy (non-hydrogen) atoms. The van der Waals surface area contributed by atoms with Gasteiger partial charge in [0.15, 0.2) is 0 Å². The van der Waals surface area contributed by atoms with Crippen molar-refractivity contribution >= 4 is 16.6 Å². The molecule has 6 nitrogen and oxygen atoms in total. The van der Waals surface area contributed by atoms with E-state index in [9.17, 15) is 5.26 Å². The Labute approximate surface area is 203 Å². The molecule has 0 aliphatic carbocycles. The Kier molecular flexibility index (Phi) is 8.23. The van der Waals surface area contributed by atoms with Gasteiger partial charge in [-0.3, -0.25) is 0 Å². The molecule has 0 amide bonds. The Morgan fingerprint density at radius 2 is 1.82 bits per heavy atom. The van der Waals surface area contributed by atoms with Crippen LogP contribution in [0.4, 0.5) is 5.69 Å². The molecular formula is C28H38N6. The zero-order valence-corrected chi connectivity index (χ0v) is 20.7. The summed E-state index contributed by atoms with van der Waals surface area (Å²) in [5.41, 5.74) is 6.64. The van der Waals surface area contributed by atoms with E-state index < -0.39 is 0 Å². The number of nitriles is 1. The van der Waals surface area contributed by atoms with Crippen molar-refractivity contribution in [2.24, 2.45) is 0 Å². The Bertz CT molecular complexity index is 1120. The summed E-state index contributed by atoms with van der Waals surface area (Å²) in [4.78, 5) is 6.05. The van der Waals surface area contributed by atoms with E-state index in [1.54, 1.807) is 0 Å². The molecule has 0 radical (unpaired) electrons. The molecule has 4 rings (SSSR count). The van der Waals surface area contributed by atoms with Crippen molar-refractivity contribution in [2.45, 2.75) is 45.7 Å². The van der Waals surface area contributed by atoms with Gasteiger partial charge < -0.3 is 25.8 Å². The predicted molar refractivity (Wildman–Crippen MR) is 142 cm³/mol. The number of rotatable bonds is 10. The zero-order chi connectivity index (χ0) is 23.9. The molecule has 0 unspecified atom stereocenters. The number of aromatic amines is 1. The fraction of sp³-hybridized carbons (Fsp3) is 0.464. The SMILES string of the molecule is Cc1ccc(N2CCC(NCCNCCNC(C)C)CC2)cc1-c1cc2cc(C#N)ccc2[nH]1. The van der Waals surface area contributed by atoms with Crippen LogP contribution in [-0.2, 0) is 0 Å². The van der Waals surface area contributed by atoms with Crippen LogP contribution in [0.2, 0.25) is 0 Å². The van der Waals surface area contributed by atoms with E-state index in [0.717, 1.165) is 55.9 Å². The molecule has 0 saturated carbocycles. The Hall–Kier alpha value is -2.85. The maximum absolute atomic E-state index is 9.20. The third-order valence-corrected chi connectivity index (χ3v) is 6.71. The summed E-state index contributed by atoms with van der Waals surface area (Å²) in [5.74, 6) is 0. The average Bonchev–Trinajstić information content (AvgIpc) is 3.27. The van der Waals surface area contributed by atoms with E-state index in [4.69, 9.17) is 0 Å². The van der Waals surface area contributed by atoms with Gasteiger partial charge in [0.2, 0.25) is 0 Å². The number of nitrogens with zero attached hydrogens (tertiary/aromatic N) is 2. The van der Waals surface area contributed by atoms with Crippen molar-refractivity contribution in [3.63, 3.8) is 0 Å². The minimum absolute atomic E-state index is 0.551. The fourth-order valence-electron chi connectivity index (χ4n) is 4.72. The average molecular weight is 459 g/mol. The van der Waals surface area contributed by atoms with E-state index in [1.165, 1.54) is 29.7 Å². The lowest BCUT2D eigenvalue weighted by Gasteiger charge is -2.34. The number of aromatic nitrogens is 1. The molecule has 2 aromatic carbocycles. The van der Waals surface area contributed by atoms with Gasteiger partial charge in [0.25, 0.3) is 0 Å². The van der Waals surface area contributed by atoms with Crippen molar-refractivity contribution in [3.05, 3.63) is 53.6 Å². The van der Waals surface area contributed by atoms with Gasteiger partial charge in [-0.05, 0) is 61.7 Å². The van der Waals surface area contributed by atoms with Crippen LogP contribution in [0.25, 0.3) is 22.2 Å². The van der Waals surface area contributed by atoms with Crippen LogP contribution in [0.15, 0.2) is 42.5 Å². The maximum atomic E-state index is 9.20. The molecular weight excluding hydrogens is 420 g/mol.